The lowest BCUT2D eigenvalue weighted by Gasteiger charge is -2.31. The number of aromatic nitrogens is 5. The van der Waals surface area contributed by atoms with E-state index in [1.165, 1.54) is 18.2 Å². The molecular formula is C22H18ClFN6O2. The molecule has 5 rings (SSSR count). The SMILES string of the molecule is O=C(c1ccc(F)c(Cl)c1)N1CCC(n2cc(-c3nc(-c4ccccc4)no3)nn2)CC1. The van der Waals surface area contributed by atoms with E-state index >= 15 is 0 Å². The van der Waals surface area contributed by atoms with Crippen LogP contribution in [0.4, 0.5) is 4.39 Å². The predicted octanol–water partition coefficient (Wildman–Crippen LogP) is 4.26. The Balaban J connectivity index is 1.24. The Kier molecular flexibility index (Phi) is 5.40. The quantitative estimate of drug-likeness (QED) is 0.459. The average Bonchev–Trinajstić information content (AvgIpc) is 3.51. The number of halogens is 2. The number of likely N-dealkylation sites (tertiary alicyclic amines) is 1. The van der Waals surface area contributed by atoms with Gasteiger partial charge in [-0.2, -0.15) is 4.98 Å². The van der Waals surface area contributed by atoms with E-state index in [2.05, 4.69) is 20.5 Å². The lowest BCUT2D eigenvalue weighted by Crippen LogP contribution is -2.39. The van der Waals surface area contributed by atoms with Crippen molar-refractivity contribution in [3.05, 3.63) is 71.1 Å². The zero-order valence-corrected chi connectivity index (χ0v) is 17.6. The normalized spacial score (nSPS) is 14.6. The van der Waals surface area contributed by atoms with E-state index in [4.69, 9.17) is 16.1 Å². The Morgan fingerprint density at radius 1 is 1.12 bits per heavy atom. The summed E-state index contributed by atoms with van der Waals surface area (Å²) in [5, 5.41) is 12.4. The first kappa shape index (κ1) is 20.3. The molecule has 0 N–H and O–H groups in total. The zero-order chi connectivity index (χ0) is 22.1. The molecule has 4 aromatic rings. The van der Waals surface area contributed by atoms with Gasteiger partial charge >= 0.3 is 0 Å². The maximum atomic E-state index is 13.4. The monoisotopic (exact) mass is 452 g/mol. The Morgan fingerprint density at radius 3 is 2.66 bits per heavy atom. The van der Waals surface area contributed by atoms with E-state index in [-0.39, 0.29) is 17.0 Å². The van der Waals surface area contributed by atoms with Crippen LogP contribution < -0.4 is 0 Å². The Labute approximate surface area is 187 Å². The van der Waals surface area contributed by atoms with Crippen molar-refractivity contribution in [2.45, 2.75) is 18.9 Å². The molecule has 1 aliphatic rings. The van der Waals surface area contributed by atoms with Gasteiger partial charge < -0.3 is 9.42 Å². The van der Waals surface area contributed by atoms with Crippen molar-refractivity contribution >= 4 is 17.5 Å². The molecule has 10 heteroatoms. The average molecular weight is 453 g/mol. The van der Waals surface area contributed by atoms with Gasteiger partial charge in [0.2, 0.25) is 5.82 Å². The Morgan fingerprint density at radius 2 is 1.91 bits per heavy atom. The van der Waals surface area contributed by atoms with E-state index in [1.54, 1.807) is 15.8 Å². The van der Waals surface area contributed by atoms with E-state index < -0.39 is 5.82 Å². The number of piperidine rings is 1. The molecule has 3 heterocycles. The Bertz CT molecular complexity index is 1250. The molecule has 0 atom stereocenters. The topological polar surface area (TPSA) is 89.9 Å². The fourth-order valence-electron chi connectivity index (χ4n) is 3.73. The van der Waals surface area contributed by atoms with Gasteiger partial charge in [0, 0.05) is 24.2 Å². The van der Waals surface area contributed by atoms with Crippen molar-refractivity contribution in [1.82, 2.24) is 30.0 Å². The molecule has 162 valence electrons. The minimum atomic E-state index is -0.541. The summed E-state index contributed by atoms with van der Waals surface area (Å²) in [6, 6.07) is 13.7. The van der Waals surface area contributed by atoms with Crippen LogP contribution in [0.15, 0.2) is 59.3 Å². The van der Waals surface area contributed by atoms with E-state index in [0.29, 0.717) is 48.9 Å². The molecule has 0 bridgehead atoms. The second-order valence-electron chi connectivity index (χ2n) is 7.53. The summed E-state index contributed by atoms with van der Waals surface area (Å²) in [7, 11) is 0. The highest BCUT2D eigenvalue weighted by atomic mass is 35.5. The van der Waals surface area contributed by atoms with Crippen molar-refractivity contribution in [3.63, 3.8) is 0 Å². The van der Waals surface area contributed by atoms with Crippen LogP contribution in [0.1, 0.15) is 29.2 Å². The van der Waals surface area contributed by atoms with Crippen LogP contribution in [0.5, 0.6) is 0 Å². The molecule has 0 saturated carbocycles. The lowest BCUT2D eigenvalue weighted by molar-refractivity contribution is 0.0689. The maximum Gasteiger partial charge on any atom is 0.280 e. The molecule has 1 saturated heterocycles. The standard InChI is InChI=1S/C22H18ClFN6O2/c23-17-12-15(6-7-18(17)24)22(31)29-10-8-16(9-11-29)30-13-19(26-28-30)21-25-20(27-32-21)14-4-2-1-3-5-14/h1-7,12-13,16H,8-11H2. The molecule has 2 aromatic carbocycles. The molecule has 1 fully saturated rings. The summed E-state index contributed by atoms with van der Waals surface area (Å²) in [6.07, 6.45) is 3.20. The fourth-order valence-corrected chi connectivity index (χ4v) is 3.91. The third-order valence-electron chi connectivity index (χ3n) is 5.48. The second kappa shape index (κ2) is 8.51. The van der Waals surface area contributed by atoms with E-state index in [9.17, 15) is 9.18 Å². The first-order valence-corrected chi connectivity index (χ1v) is 10.5. The van der Waals surface area contributed by atoms with Crippen LogP contribution in [0, 0.1) is 5.82 Å². The first-order valence-electron chi connectivity index (χ1n) is 10.1. The largest absolute Gasteiger partial charge is 0.338 e. The summed E-state index contributed by atoms with van der Waals surface area (Å²) < 4.78 is 20.5. The van der Waals surface area contributed by atoms with Crippen molar-refractivity contribution in [2.75, 3.05) is 13.1 Å². The van der Waals surface area contributed by atoms with Crippen LogP contribution in [-0.2, 0) is 0 Å². The van der Waals surface area contributed by atoms with E-state index in [0.717, 1.165) is 5.56 Å². The van der Waals surface area contributed by atoms with Crippen molar-refractivity contribution in [1.29, 1.82) is 0 Å². The highest BCUT2D eigenvalue weighted by Gasteiger charge is 2.26. The van der Waals surface area contributed by atoms with Gasteiger partial charge in [-0.25, -0.2) is 9.07 Å². The van der Waals surface area contributed by atoms with Gasteiger partial charge in [-0.15, -0.1) is 5.10 Å². The van der Waals surface area contributed by atoms with Crippen LogP contribution in [0.2, 0.25) is 5.02 Å². The molecule has 0 unspecified atom stereocenters. The minimum absolute atomic E-state index is 0.0580. The second-order valence-corrected chi connectivity index (χ2v) is 7.93. The summed E-state index contributed by atoms with van der Waals surface area (Å²) in [5.41, 5.74) is 1.73. The number of nitrogens with zero attached hydrogens (tertiary/aromatic N) is 6. The number of hydrogen-bond donors (Lipinski definition) is 0. The molecule has 1 aliphatic heterocycles. The number of amides is 1. The van der Waals surface area contributed by atoms with Gasteiger partial charge in [0.25, 0.3) is 11.8 Å². The smallest absolute Gasteiger partial charge is 0.280 e. The van der Waals surface area contributed by atoms with Gasteiger partial charge in [-0.3, -0.25) is 4.79 Å². The molecule has 32 heavy (non-hydrogen) atoms. The molecular weight excluding hydrogens is 435 g/mol. The van der Waals surface area contributed by atoms with Crippen LogP contribution in [0.3, 0.4) is 0 Å². The molecule has 0 radical (unpaired) electrons. The minimum Gasteiger partial charge on any atom is -0.338 e. The number of hydrogen-bond acceptors (Lipinski definition) is 6. The lowest BCUT2D eigenvalue weighted by atomic mass is 10.0. The van der Waals surface area contributed by atoms with Gasteiger partial charge in [-0.1, -0.05) is 52.3 Å². The molecule has 2 aromatic heterocycles. The summed E-state index contributed by atoms with van der Waals surface area (Å²) in [6.45, 7) is 1.10. The summed E-state index contributed by atoms with van der Waals surface area (Å²) in [4.78, 5) is 18.8. The highest BCUT2D eigenvalue weighted by molar-refractivity contribution is 6.31. The first-order chi connectivity index (χ1) is 15.6. The summed E-state index contributed by atoms with van der Waals surface area (Å²) in [5.74, 6) is 0.0868. The summed E-state index contributed by atoms with van der Waals surface area (Å²) >= 11 is 5.81. The van der Waals surface area contributed by atoms with Gasteiger partial charge in [0.1, 0.15) is 5.82 Å². The third kappa shape index (κ3) is 3.99. The van der Waals surface area contributed by atoms with Gasteiger partial charge in [-0.05, 0) is 31.0 Å². The van der Waals surface area contributed by atoms with Crippen LogP contribution >= 0.6 is 11.6 Å². The maximum absolute atomic E-state index is 13.4. The molecule has 8 nitrogen and oxygen atoms in total. The van der Waals surface area contributed by atoms with Crippen LogP contribution in [-0.4, -0.2) is 49.0 Å². The fraction of sp³-hybridized carbons (Fsp3) is 0.227. The Hall–Kier alpha value is -3.59. The van der Waals surface area contributed by atoms with Gasteiger partial charge in [0.05, 0.1) is 17.3 Å². The van der Waals surface area contributed by atoms with Crippen molar-refractivity contribution in [2.24, 2.45) is 0 Å². The predicted molar refractivity (Wildman–Crippen MR) is 114 cm³/mol. The highest BCUT2D eigenvalue weighted by Crippen LogP contribution is 2.26. The van der Waals surface area contributed by atoms with Gasteiger partial charge in [0.15, 0.2) is 5.69 Å². The van der Waals surface area contributed by atoms with Crippen molar-refractivity contribution in [3.8, 4) is 23.0 Å². The van der Waals surface area contributed by atoms with E-state index in [1.807, 2.05) is 30.3 Å². The number of carbonyl (C=O) groups is 1. The number of rotatable bonds is 4. The zero-order valence-electron chi connectivity index (χ0n) is 16.9. The number of carbonyl (C=O) groups excluding carboxylic acids is 1. The van der Waals surface area contributed by atoms with Crippen LogP contribution in [0.25, 0.3) is 23.0 Å². The van der Waals surface area contributed by atoms with Crippen molar-refractivity contribution < 1.29 is 13.7 Å². The molecule has 1 amide bonds. The molecule has 0 spiro atoms. The number of benzene rings is 2. The third-order valence-corrected chi connectivity index (χ3v) is 5.77. The molecule has 0 aliphatic carbocycles.